The van der Waals surface area contributed by atoms with E-state index < -0.39 is 17.1 Å². The zero-order valence-electron chi connectivity index (χ0n) is 21.0. The third-order valence-electron chi connectivity index (χ3n) is 7.57. The lowest BCUT2D eigenvalue weighted by Crippen LogP contribution is -2.42. The van der Waals surface area contributed by atoms with E-state index in [-0.39, 0.29) is 25.0 Å². The highest BCUT2D eigenvalue weighted by Gasteiger charge is 2.57. The summed E-state index contributed by atoms with van der Waals surface area (Å²) in [6, 6.07) is 23.0. The van der Waals surface area contributed by atoms with Crippen LogP contribution in [0.1, 0.15) is 32.6 Å². The number of hydrogen-bond donors (Lipinski definition) is 1. The molecule has 4 aromatic rings. The van der Waals surface area contributed by atoms with Gasteiger partial charge in [0.05, 0.1) is 12.2 Å². The van der Waals surface area contributed by atoms with Gasteiger partial charge in [0.2, 0.25) is 12.7 Å². The number of carbonyl (C=O) groups excluding carboxylic acids is 2. The second-order valence-corrected chi connectivity index (χ2v) is 9.94. The smallest absolute Gasteiger partial charge is 0.255 e. The molecule has 0 aromatic heterocycles. The first-order valence-electron chi connectivity index (χ1n) is 12.6. The minimum Gasteiger partial charge on any atom is -0.491 e. The van der Waals surface area contributed by atoms with Gasteiger partial charge in [-0.2, -0.15) is 0 Å². The molecule has 8 heteroatoms. The number of nitrogens with one attached hydrogen (secondary N) is 1. The molecule has 1 N–H and O–H groups in total. The summed E-state index contributed by atoms with van der Waals surface area (Å²) in [4.78, 5) is 28.6. The van der Waals surface area contributed by atoms with Crippen molar-refractivity contribution in [2.24, 2.45) is 0 Å². The van der Waals surface area contributed by atoms with Crippen LogP contribution in [-0.2, 0) is 16.8 Å². The van der Waals surface area contributed by atoms with Crippen molar-refractivity contribution < 1.29 is 28.2 Å². The molecule has 3 heterocycles. The highest BCUT2D eigenvalue weighted by atomic mass is 19.1. The zero-order valence-corrected chi connectivity index (χ0v) is 21.0. The highest BCUT2D eigenvalue weighted by molar-refractivity contribution is 6.11. The molecule has 2 amide bonds. The van der Waals surface area contributed by atoms with Crippen molar-refractivity contribution in [2.45, 2.75) is 18.9 Å². The molecule has 3 aliphatic rings. The number of hydrogen-bond acceptors (Lipinski definition) is 5. The summed E-state index contributed by atoms with van der Waals surface area (Å²) in [6.45, 7) is 2.42. The zero-order chi connectivity index (χ0) is 26.7. The molecule has 194 valence electrons. The number of benzene rings is 4. The van der Waals surface area contributed by atoms with Gasteiger partial charge in [0.1, 0.15) is 23.6 Å². The van der Waals surface area contributed by atoms with Crippen molar-refractivity contribution in [3.05, 3.63) is 112 Å². The molecule has 0 radical (unpaired) electrons. The largest absolute Gasteiger partial charge is 0.491 e. The Hall–Kier alpha value is -4.85. The Labute approximate surface area is 223 Å². The van der Waals surface area contributed by atoms with Crippen LogP contribution in [0.15, 0.2) is 78.9 Å². The second-order valence-electron chi connectivity index (χ2n) is 9.94. The van der Waals surface area contributed by atoms with E-state index in [9.17, 15) is 14.0 Å². The van der Waals surface area contributed by atoms with Gasteiger partial charge in [0, 0.05) is 22.9 Å². The van der Waals surface area contributed by atoms with E-state index in [0.29, 0.717) is 29.4 Å². The van der Waals surface area contributed by atoms with Gasteiger partial charge in [-0.3, -0.25) is 9.59 Å². The Kier molecular flexibility index (Phi) is 5.13. The Morgan fingerprint density at radius 2 is 1.69 bits per heavy atom. The number of halogens is 1. The molecule has 7 rings (SSSR count). The van der Waals surface area contributed by atoms with Gasteiger partial charge < -0.3 is 24.4 Å². The summed E-state index contributed by atoms with van der Waals surface area (Å²) in [7, 11) is 0. The average molecular weight is 523 g/mol. The van der Waals surface area contributed by atoms with Crippen LogP contribution in [0.2, 0.25) is 0 Å². The van der Waals surface area contributed by atoms with E-state index in [1.54, 1.807) is 54.3 Å². The van der Waals surface area contributed by atoms with Crippen molar-refractivity contribution in [1.82, 2.24) is 0 Å². The molecule has 1 atom stereocenters. The van der Waals surface area contributed by atoms with E-state index in [1.807, 2.05) is 30.3 Å². The molecule has 0 saturated heterocycles. The Morgan fingerprint density at radius 1 is 0.923 bits per heavy atom. The van der Waals surface area contributed by atoms with E-state index in [0.717, 1.165) is 27.9 Å². The van der Waals surface area contributed by atoms with E-state index >= 15 is 0 Å². The van der Waals surface area contributed by atoms with Crippen molar-refractivity contribution in [1.29, 1.82) is 0 Å². The van der Waals surface area contributed by atoms with Crippen LogP contribution in [0.25, 0.3) is 0 Å². The van der Waals surface area contributed by atoms with Crippen LogP contribution in [-0.4, -0.2) is 25.2 Å². The molecule has 1 unspecified atom stereocenters. The maximum atomic E-state index is 14.2. The van der Waals surface area contributed by atoms with Crippen molar-refractivity contribution >= 4 is 23.2 Å². The monoisotopic (exact) mass is 522 g/mol. The van der Waals surface area contributed by atoms with Crippen molar-refractivity contribution in [3.63, 3.8) is 0 Å². The second kappa shape index (κ2) is 8.59. The fraction of sp³-hybridized carbons (Fsp3) is 0.161. The summed E-state index contributed by atoms with van der Waals surface area (Å²) in [5.74, 6) is 0.839. The summed E-state index contributed by atoms with van der Waals surface area (Å²) in [5.41, 5.74) is 3.61. The summed E-state index contributed by atoms with van der Waals surface area (Å²) >= 11 is 0. The van der Waals surface area contributed by atoms with Gasteiger partial charge in [-0.1, -0.05) is 36.4 Å². The molecule has 0 bridgehead atoms. The molecule has 0 saturated carbocycles. The summed E-state index contributed by atoms with van der Waals surface area (Å²) in [6.07, 6.45) is 0. The standard InChI is InChI=1S/C31H23FN2O5/c1-18-6-11-24(23(32)12-18)33-29(35)20-9-7-19(8-10-20)15-34-25-5-3-2-4-21(25)31(30(34)36)16-37-26-14-28-27(13-22(26)31)38-17-39-28/h2-14H,15-17H2,1H3,(H,33,35). The summed E-state index contributed by atoms with van der Waals surface area (Å²) < 4.78 is 31.3. The Balaban J connectivity index is 1.16. The summed E-state index contributed by atoms with van der Waals surface area (Å²) in [5, 5.41) is 2.61. The van der Waals surface area contributed by atoms with Gasteiger partial charge in [-0.25, -0.2) is 4.39 Å². The number of carbonyl (C=O) groups is 2. The third kappa shape index (κ3) is 3.55. The normalized spacial score (nSPS) is 18.2. The Morgan fingerprint density at radius 3 is 2.49 bits per heavy atom. The molecule has 1 spiro atoms. The topological polar surface area (TPSA) is 77.1 Å². The lowest BCUT2D eigenvalue weighted by Gasteiger charge is -2.23. The molecule has 0 fully saturated rings. The van der Waals surface area contributed by atoms with Gasteiger partial charge in [0.25, 0.3) is 5.91 Å². The van der Waals surface area contributed by atoms with Gasteiger partial charge in [0.15, 0.2) is 11.5 Å². The van der Waals surface area contributed by atoms with Crippen LogP contribution in [0.4, 0.5) is 15.8 Å². The highest BCUT2D eigenvalue weighted by Crippen LogP contribution is 2.55. The molecule has 39 heavy (non-hydrogen) atoms. The number of rotatable bonds is 4. The fourth-order valence-corrected chi connectivity index (χ4v) is 5.58. The molecule has 4 aromatic carbocycles. The minimum absolute atomic E-state index is 0.0852. The SMILES string of the molecule is Cc1ccc(NC(=O)c2ccc(CN3C(=O)C4(COc5cc6c(cc54)OCO6)c4ccccc43)cc2)c(F)c1. The van der Waals surface area contributed by atoms with Crippen molar-refractivity contribution in [3.8, 4) is 17.2 Å². The van der Waals surface area contributed by atoms with Crippen LogP contribution in [0.3, 0.4) is 0 Å². The number of fused-ring (bicyclic) bond motifs is 5. The average Bonchev–Trinajstić information content (AvgIpc) is 3.62. The number of para-hydroxylation sites is 1. The van der Waals surface area contributed by atoms with Gasteiger partial charge in [-0.05, 0) is 60.0 Å². The van der Waals surface area contributed by atoms with E-state index in [1.165, 1.54) is 6.07 Å². The van der Waals surface area contributed by atoms with Crippen LogP contribution in [0, 0.1) is 12.7 Å². The fourth-order valence-electron chi connectivity index (χ4n) is 5.58. The maximum Gasteiger partial charge on any atom is 0.255 e. The lowest BCUT2D eigenvalue weighted by molar-refractivity contribution is -0.122. The first-order valence-corrected chi connectivity index (χ1v) is 12.6. The number of nitrogens with zero attached hydrogens (tertiary/aromatic N) is 1. The predicted molar refractivity (Wildman–Crippen MR) is 142 cm³/mol. The van der Waals surface area contributed by atoms with Crippen LogP contribution < -0.4 is 24.4 Å². The van der Waals surface area contributed by atoms with Crippen LogP contribution >= 0.6 is 0 Å². The quantitative estimate of drug-likeness (QED) is 0.392. The Bertz CT molecular complexity index is 1670. The molecule has 7 nitrogen and oxygen atoms in total. The third-order valence-corrected chi connectivity index (χ3v) is 7.57. The first-order chi connectivity index (χ1) is 18.9. The minimum atomic E-state index is -0.981. The number of aryl methyl sites for hydroxylation is 1. The molecular weight excluding hydrogens is 499 g/mol. The predicted octanol–water partition coefficient (Wildman–Crippen LogP) is 5.34. The number of anilines is 2. The van der Waals surface area contributed by atoms with Crippen molar-refractivity contribution in [2.75, 3.05) is 23.6 Å². The van der Waals surface area contributed by atoms with Gasteiger partial charge in [-0.15, -0.1) is 0 Å². The molecule has 0 aliphatic carbocycles. The number of amides is 2. The first kappa shape index (κ1) is 23.3. The lowest BCUT2D eigenvalue weighted by atomic mass is 9.77. The number of ether oxygens (including phenoxy) is 3. The van der Waals surface area contributed by atoms with E-state index in [2.05, 4.69) is 5.32 Å². The molecule has 3 aliphatic heterocycles. The van der Waals surface area contributed by atoms with Gasteiger partial charge >= 0.3 is 0 Å². The molecular formula is C31H23FN2O5. The van der Waals surface area contributed by atoms with E-state index in [4.69, 9.17) is 14.2 Å². The maximum absolute atomic E-state index is 14.2. The van der Waals surface area contributed by atoms with Crippen LogP contribution in [0.5, 0.6) is 17.2 Å².